The van der Waals surface area contributed by atoms with E-state index < -0.39 is 0 Å². The normalized spacial score (nSPS) is 14.0. The quantitative estimate of drug-likeness (QED) is 0.151. The van der Waals surface area contributed by atoms with Crippen molar-refractivity contribution in [1.82, 2.24) is 9.13 Å². The van der Waals surface area contributed by atoms with Gasteiger partial charge in [0.15, 0.2) is 0 Å². The van der Waals surface area contributed by atoms with Crippen molar-refractivity contribution in [1.29, 1.82) is 0 Å². The van der Waals surface area contributed by atoms with Crippen molar-refractivity contribution in [2.45, 2.75) is 5.92 Å². The number of anilines is 3. The summed E-state index contributed by atoms with van der Waals surface area (Å²) in [6, 6.07) is 110. The molecule has 1 unspecified atom stereocenters. The maximum Gasteiger partial charge on any atom is 0.252 e. The van der Waals surface area contributed by atoms with Gasteiger partial charge in [-0.1, -0.05) is 242 Å². The third kappa shape index (κ3) is 6.28. The molecule has 0 aliphatic carbocycles. The van der Waals surface area contributed by atoms with Crippen LogP contribution in [0.2, 0.25) is 0 Å². The number of rotatable bonds is 6. The predicted octanol–water partition coefficient (Wildman–Crippen LogP) is 15.5. The van der Waals surface area contributed by atoms with Gasteiger partial charge in [0.05, 0.1) is 22.1 Å². The molecule has 0 amide bonds. The van der Waals surface area contributed by atoms with Crippen LogP contribution < -0.4 is 37.7 Å². The minimum Gasteiger partial charge on any atom is -0.311 e. The second-order valence-corrected chi connectivity index (χ2v) is 23.4. The van der Waals surface area contributed by atoms with Gasteiger partial charge in [0, 0.05) is 55.9 Å². The summed E-state index contributed by atoms with van der Waals surface area (Å²) in [7, 11) is 0. The maximum absolute atomic E-state index is 2.72. The topological polar surface area (TPSA) is 13.1 Å². The smallest absolute Gasteiger partial charge is 0.252 e. The lowest BCUT2D eigenvalue weighted by molar-refractivity contribution is 0.986. The molecule has 0 spiro atoms. The zero-order valence-electron chi connectivity index (χ0n) is 45.8. The van der Waals surface area contributed by atoms with Crippen LogP contribution in [-0.4, -0.2) is 22.6 Å². The lowest BCUT2D eigenvalue weighted by Gasteiger charge is -2.42. The summed E-state index contributed by atoms with van der Waals surface area (Å²) in [6.07, 6.45) is 0. The van der Waals surface area contributed by atoms with E-state index in [4.69, 9.17) is 0 Å². The first kappa shape index (κ1) is 46.0. The van der Waals surface area contributed by atoms with Gasteiger partial charge in [-0.05, 0) is 143 Å². The van der Waals surface area contributed by atoms with Crippen LogP contribution in [0.3, 0.4) is 0 Å². The Labute approximate surface area is 487 Å². The van der Waals surface area contributed by atoms with Crippen molar-refractivity contribution in [2.75, 3.05) is 4.90 Å². The molecule has 84 heavy (non-hydrogen) atoms. The van der Waals surface area contributed by atoms with Gasteiger partial charge in [0.2, 0.25) is 6.71 Å². The zero-order chi connectivity index (χ0) is 54.7. The molecule has 4 aliphatic rings. The first-order valence-corrected chi connectivity index (χ1v) is 29.5. The summed E-state index contributed by atoms with van der Waals surface area (Å²) >= 11 is 0. The molecule has 3 nitrogen and oxygen atoms in total. The number of aromatic nitrogens is 2. The highest BCUT2D eigenvalue weighted by atomic mass is 15.2. The lowest BCUT2D eigenvalue weighted by Crippen LogP contribution is -2.63. The van der Waals surface area contributed by atoms with Gasteiger partial charge in [0.1, 0.15) is 0 Å². The fourth-order valence-corrected chi connectivity index (χ4v) is 15.8. The summed E-state index contributed by atoms with van der Waals surface area (Å²) < 4.78 is 5.43. The molecule has 19 rings (SSSR count). The van der Waals surface area contributed by atoms with Crippen molar-refractivity contribution in [3.05, 3.63) is 308 Å². The molecule has 4 aliphatic heterocycles. The van der Waals surface area contributed by atoms with Crippen molar-refractivity contribution in [3.63, 3.8) is 0 Å². The second kappa shape index (κ2) is 17.5. The summed E-state index contributed by atoms with van der Waals surface area (Å²) in [5.41, 5.74) is 32.9. The molecule has 386 valence electrons. The molecule has 0 fully saturated rings. The molecule has 2 aromatic heterocycles. The van der Waals surface area contributed by atoms with Crippen molar-refractivity contribution >= 4 is 107 Å². The maximum atomic E-state index is 2.72. The zero-order valence-corrected chi connectivity index (χ0v) is 45.8. The highest BCUT2D eigenvalue weighted by molar-refractivity contribution is 7.02. The SMILES string of the molecule is c1ccc(-c2ccc3c4c(-c5ccccc5)cc5c6c4n(c3c2)-c2cc3c(cc2B6c2ccccc2C5c2ccccc2)-n2c4cc(-c5ccccc5)ccc4c4c(-c5ccccc5)cc5c(c42)B3c2ccccc2N5c2ccccc2)cc1. The van der Waals surface area contributed by atoms with E-state index in [9.17, 15) is 0 Å². The van der Waals surface area contributed by atoms with Gasteiger partial charge in [0.25, 0.3) is 6.71 Å². The molecule has 1 atom stereocenters. The van der Waals surface area contributed by atoms with Crippen molar-refractivity contribution < 1.29 is 0 Å². The van der Waals surface area contributed by atoms with Crippen LogP contribution in [0, 0.1) is 0 Å². The largest absolute Gasteiger partial charge is 0.311 e. The van der Waals surface area contributed by atoms with Crippen LogP contribution in [0.1, 0.15) is 22.6 Å². The number of hydrogen-bond acceptors (Lipinski definition) is 1. The highest BCUT2D eigenvalue weighted by Gasteiger charge is 2.48. The molecule has 0 saturated carbocycles. The van der Waals surface area contributed by atoms with Gasteiger partial charge < -0.3 is 14.0 Å². The lowest BCUT2D eigenvalue weighted by atomic mass is 9.30. The molecule has 13 aromatic carbocycles. The summed E-state index contributed by atoms with van der Waals surface area (Å²) in [5, 5.41) is 5.11. The number of para-hydroxylation sites is 2. The van der Waals surface area contributed by atoms with E-state index in [2.05, 4.69) is 305 Å². The van der Waals surface area contributed by atoms with Crippen LogP contribution >= 0.6 is 0 Å². The molecule has 5 heteroatoms. The van der Waals surface area contributed by atoms with Gasteiger partial charge >= 0.3 is 0 Å². The monoisotopic (exact) mass is 1060 g/mol. The van der Waals surface area contributed by atoms with Crippen molar-refractivity contribution in [3.8, 4) is 55.9 Å². The standard InChI is InChI=1S/C79H49B2N3/c1-7-23-49(24-8-1)54-39-41-58-68(43-54)83-70-48-66-71(47-65(70)80-63-36-20-19-35-57(63)73(53-31-15-5-16-32-53)62-45-60(51-27-11-3-12-28-51)74(58)78(83)76(62)80)84-69-44-55(50-25-9-2-10-26-50)40-42-59(69)75-61(52-29-13-4-14-30-52)46-72-77(79(75)84)81(66)64-37-21-22-38-67(64)82(72)56-33-17-6-18-34-56/h1-48,73H. The number of hydrogen-bond donors (Lipinski definition) is 0. The summed E-state index contributed by atoms with van der Waals surface area (Å²) in [4.78, 5) is 2.55. The van der Waals surface area contributed by atoms with E-state index >= 15 is 0 Å². The van der Waals surface area contributed by atoms with Gasteiger partial charge in [-0.3, -0.25) is 0 Å². The van der Waals surface area contributed by atoms with Crippen LogP contribution in [0.15, 0.2) is 291 Å². The fraction of sp³-hybridized carbons (Fsp3) is 0.0127. The first-order chi connectivity index (χ1) is 41.7. The Hall–Kier alpha value is -10.6. The molecule has 6 heterocycles. The van der Waals surface area contributed by atoms with Gasteiger partial charge in [-0.2, -0.15) is 0 Å². The average molecular weight is 1060 g/mol. The predicted molar refractivity (Wildman–Crippen MR) is 355 cm³/mol. The van der Waals surface area contributed by atoms with Gasteiger partial charge in [-0.25, -0.2) is 0 Å². The molecular weight excluding hydrogens is 1010 g/mol. The number of benzene rings is 13. The van der Waals surface area contributed by atoms with Gasteiger partial charge in [-0.15, -0.1) is 0 Å². The Kier molecular flexibility index (Phi) is 9.57. The van der Waals surface area contributed by atoms with E-state index in [0.717, 1.165) is 5.69 Å². The molecule has 15 aromatic rings. The van der Waals surface area contributed by atoms with Crippen LogP contribution in [0.25, 0.3) is 99.5 Å². The Morgan fingerprint density at radius 1 is 0.286 bits per heavy atom. The molecule has 0 saturated heterocycles. The minimum absolute atomic E-state index is 0.0171. The number of fused-ring (bicyclic) bond motifs is 16. The van der Waals surface area contributed by atoms with Crippen molar-refractivity contribution in [2.24, 2.45) is 0 Å². The van der Waals surface area contributed by atoms with E-state index in [1.165, 1.54) is 160 Å². The van der Waals surface area contributed by atoms with Crippen LogP contribution in [-0.2, 0) is 0 Å². The Morgan fingerprint density at radius 2 is 0.738 bits per heavy atom. The molecular formula is C79H49B2N3. The first-order valence-electron chi connectivity index (χ1n) is 29.5. The van der Waals surface area contributed by atoms with E-state index in [-0.39, 0.29) is 19.3 Å². The van der Waals surface area contributed by atoms with E-state index in [1.54, 1.807) is 0 Å². The second-order valence-electron chi connectivity index (χ2n) is 23.4. The molecule has 0 bridgehead atoms. The van der Waals surface area contributed by atoms with Crippen LogP contribution in [0.4, 0.5) is 17.1 Å². The molecule has 0 radical (unpaired) electrons. The Bertz CT molecular complexity index is 4920. The third-order valence-corrected chi connectivity index (χ3v) is 19.2. The Morgan fingerprint density at radius 3 is 1.31 bits per heavy atom. The summed E-state index contributed by atoms with van der Waals surface area (Å²) in [5.74, 6) is 0.0171. The summed E-state index contributed by atoms with van der Waals surface area (Å²) in [6.45, 7) is -0.161. The molecule has 0 N–H and O–H groups in total. The Balaban J connectivity index is 1.01. The number of nitrogens with zero attached hydrogens (tertiary/aromatic N) is 3. The van der Waals surface area contributed by atoms with E-state index in [1.807, 2.05) is 0 Å². The minimum atomic E-state index is -0.0971. The van der Waals surface area contributed by atoms with E-state index in [0.29, 0.717) is 0 Å². The van der Waals surface area contributed by atoms with Crippen LogP contribution in [0.5, 0.6) is 0 Å². The third-order valence-electron chi connectivity index (χ3n) is 19.2. The average Bonchev–Trinajstić information content (AvgIpc) is 1.90. The fourth-order valence-electron chi connectivity index (χ4n) is 15.8. The highest BCUT2D eigenvalue weighted by Crippen LogP contribution is 2.50.